The third-order valence-electron chi connectivity index (χ3n) is 4.19. The molecule has 0 saturated carbocycles. The van der Waals surface area contributed by atoms with Gasteiger partial charge in [-0.1, -0.05) is 0 Å². The number of anilines is 1. The zero-order valence-electron chi connectivity index (χ0n) is 10.8. The van der Waals surface area contributed by atoms with Gasteiger partial charge in [0.1, 0.15) is 0 Å². The maximum atomic E-state index is 4.39. The largest absolute Gasteiger partial charge is 0.379 e. The van der Waals surface area contributed by atoms with Crippen LogP contribution in [0.25, 0.3) is 0 Å². The van der Waals surface area contributed by atoms with Crippen molar-refractivity contribution >= 4 is 5.69 Å². The number of fused-ring (bicyclic) bond motifs is 1. The van der Waals surface area contributed by atoms with Gasteiger partial charge in [0.05, 0.1) is 11.4 Å². The van der Waals surface area contributed by atoms with Crippen molar-refractivity contribution in [2.24, 2.45) is 7.05 Å². The number of hydrogen-bond donors (Lipinski definition) is 1. The molecule has 0 aromatic carbocycles. The Bertz CT molecular complexity index is 398. The van der Waals surface area contributed by atoms with Crippen LogP contribution in [0.5, 0.6) is 0 Å². The van der Waals surface area contributed by atoms with Crippen molar-refractivity contribution in [3.63, 3.8) is 0 Å². The molecule has 94 valence electrons. The third kappa shape index (κ3) is 2.18. The normalized spacial score (nSPS) is 29.3. The molecule has 2 aliphatic rings. The van der Waals surface area contributed by atoms with Crippen molar-refractivity contribution in [2.45, 2.75) is 44.7 Å². The fourth-order valence-electron chi connectivity index (χ4n) is 3.32. The van der Waals surface area contributed by atoms with E-state index in [0.717, 1.165) is 11.7 Å². The van der Waals surface area contributed by atoms with Gasteiger partial charge in [-0.15, -0.1) is 0 Å². The van der Waals surface area contributed by atoms with Crippen molar-refractivity contribution in [2.75, 3.05) is 18.4 Å². The number of aromatic nitrogens is 2. The molecule has 0 spiro atoms. The van der Waals surface area contributed by atoms with Gasteiger partial charge in [0.15, 0.2) is 0 Å². The third-order valence-corrected chi connectivity index (χ3v) is 4.19. The second-order valence-electron chi connectivity index (χ2n) is 5.50. The minimum Gasteiger partial charge on any atom is -0.379 e. The van der Waals surface area contributed by atoms with Crippen LogP contribution >= 0.6 is 0 Å². The van der Waals surface area contributed by atoms with Crippen molar-refractivity contribution in [3.8, 4) is 0 Å². The highest BCUT2D eigenvalue weighted by atomic mass is 15.3. The highest BCUT2D eigenvalue weighted by Crippen LogP contribution is 2.28. The monoisotopic (exact) mass is 234 g/mol. The molecule has 2 unspecified atom stereocenters. The summed E-state index contributed by atoms with van der Waals surface area (Å²) in [4.78, 5) is 2.66. The summed E-state index contributed by atoms with van der Waals surface area (Å²) in [5, 5.41) is 8.06. The van der Waals surface area contributed by atoms with Crippen LogP contribution in [0, 0.1) is 6.92 Å². The summed E-state index contributed by atoms with van der Waals surface area (Å²) >= 11 is 0. The summed E-state index contributed by atoms with van der Waals surface area (Å²) in [6.07, 6.45) is 7.45. The first-order valence-electron chi connectivity index (χ1n) is 6.73. The van der Waals surface area contributed by atoms with Gasteiger partial charge in [-0.3, -0.25) is 4.68 Å². The summed E-state index contributed by atoms with van der Waals surface area (Å²) in [6, 6.07) is 1.47. The lowest BCUT2D eigenvalue weighted by Crippen LogP contribution is -2.42. The van der Waals surface area contributed by atoms with E-state index in [4.69, 9.17) is 0 Å². The molecule has 1 aromatic rings. The average Bonchev–Trinajstić information content (AvgIpc) is 2.85. The van der Waals surface area contributed by atoms with Crippen molar-refractivity contribution in [1.82, 2.24) is 14.7 Å². The number of aryl methyl sites for hydroxylation is 2. The molecule has 0 radical (unpaired) electrons. The number of hydrogen-bond acceptors (Lipinski definition) is 3. The van der Waals surface area contributed by atoms with Gasteiger partial charge in [0.25, 0.3) is 0 Å². The second-order valence-corrected chi connectivity index (χ2v) is 5.50. The van der Waals surface area contributed by atoms with Crippen LogP contribution in [-0.2, 0) is 7.05 Å². The van der Waals surface area contributed by atoms with E-state index in [1.54, 1.807) is 0 Å². The molecule has 2 atom stereocenters. The van der Waals surface area contributed by atoms with E-state index in [-0.39, 0.29) is 0 Å². The predicted octanol–water partition coefficient (Wildman–Crippen LogP) is 1.77. The molecule has 17 heavy (non-hydrogen) atoms. The molecule has 0 amide bonds. The Morgan fingerprint density at radius 3 is 3.00 bits per heavy atom. The van der Waals surface area contributed by atoms with E-state index in [9.17, 15) is 0 Å². The maximum Gasteiger partial charge on any atom is 0.0825 e. The van der Waals surface area contributed by atoms with Crippen LogP contribution in [0.15, 0.2) is 6.20 Å². The molecule has 0 aliphatic carbocycles. The molecule has 2 fully saturated rings. The summed E-state index contributed by atoms with van der Waals surface area (Å²) < 4.78 is 1.89. The molecule has 1 N–H and O–H groups in total. The Hall–Kier alpha value is -1.03. The Morgan fingerprint density at radius 2 is 2.24 bits per heavy atom. The Balaban J connectivity index is 1.64. The first kappa shape index (κ1) is 11.1. The lowest BCUT2D eigenvalue weighted by Gasteiger charge is -2.35. The average molecular weight is 234 g/mol. The summed E-state index contributed by atoms with van der Waals surface area (Å²) in [5.74, 6) is 0. The molecule has 2 saturated heterocycles. The Morgan fingerprint density at radius 1 is 1.35 bits per heavy atom. The standard InChI is InChI=1S/C13H22N4/c1-10-13(9-16(2)15-10)14-11-5-7-17-6-3-4-12(17)8-11/h9,11-12,14H,3-8H2,1-2H3. The summed E-state index contributed by atoms with van der Waals surface area (Å²) in [7, 11) is 1.98. The van der Waals surface area contributed by atoms with E-state index in [1.807, 2.05) is 11.7 Å². The van der Waals surface area contributed by atoms with Crippen LogP contribution in [0.1, 0.15) is 31.4 Å². The maximum absolute atomic E-state index is 4.39. The lowest BCUT2D eigenvalue weighted by atomic mass is 9.97. The predicted molar refractivity (Wildman–Crippen MR) is 69.2 cm³/mol. The minimum atomic E-state index is 0.636. The number of nitrogens with one attached hydrogen (secondary N) is 1. The lowest BCUT2D eigenvalue weighted by molar-refractivity contribution is 0.188. The van der Waals surface area contributed by atoms with E-state index < -0.39 is 0 Å². The van der Waals surface area contributed by atoms with E-state index in [0.29, 0.717) is 6.04 Å². The molecule has 3 heterocycles. The number of piperidine rings is 1. The zero-order valence-corrected chi connectivity index (χ0v) is 10.8. The zero-order chi connectivity index (χ0) is 11.8. The van der Waals surface area contributed by atoms with Crippen molar-refractivity contribution < 1.29 is 0 Å². The molecular formula is C13H22N4. The van der Waals surface area contributed by atoms with E-state index in [1.165, 1.54) is 44.5 Å². The quantitative estimate of drug-likeness (QED) is 0.846. The van der Waals surface area contributed by atoms with Gasteiger partial charge >= 0.3 is 0 Å². The smallest absolute Gasteiger partial charge is 0.0825 e. The van der Waals surface area contributed by atoms with Crippen LogP contribution in [0.3, 0.4) is 0 Å². The van der Waals surface area contributed by atoms with Gasteiger partial charge in [-0.25, -0.2) is 0 Å². The SMILES string of the molecule is Cc1nn(C)cc1NC1CCN2CCCC2C1. The van der Waals surface area contributed by atoms with E-state index in [2.05, 4.69) is 28.4 Å². The molecule has 0 bridgehead atoms. The summed E-state index contributed by atoms with van der Waals surface area (Å²) in [6.45, 7) is 4.66. The van der Waals surface area contributed by atoms with Gasteiger partial charge in [0, 0.05) is 31.9 Å². The molecular weight excluding hydrogens is 212 g/mol. The highest BCUT2D eigenvalue weighted by molar-refractivity contribution is 5.46. The van der Waals surface area contributed by atoms with Gasteiger partial charge in [-0.2, -0.15) is 5.10 Å². The Kier molecular flexibility index (Phi) is 2.82. The van der Waals surface area contributed by atoms with Crippen molar-refractivity contribution in [1.29, 1.82) is 0 Å². The second kappa shape index (κ2) is 4.33. The molecule has 2 aliphatic heterocycles. The van der Waals surface area contributed by atoms with Gasteiger partial charge < -0.3 is 10.2 Å². The first-order chi connectivity index (χ1) is 8.22. The first-order valence-corrected chi connectivity index (χ1v) is 6.73. The highest BCUT2D eigenvalue weighted by Gasteiger charge is 2.31. The fourth-order valence-corrected chi connectivity index (χ4v) is 3.32. The van der Waals surface area contributed by atoms with Crippen molar-refractivity contribution in [3.05, 3.63) is 11.9 Å². The fraction of sp³-hybridized carbons (Fsp3) is 0.769. The van der Waals surface area contributed by atoms with Crippen LogP contribution in [-0.4, -0.2) is 39.9 Å². The molecule has 4 nitrogen and oxygen atoms in total. The van der Waals surface area contributed by atoms with E-state index >= 15 is 0 Å². The summed E-state index contributed by atoms with van der Waals surface area (Å²) in [5.41, 5.74) is 2.32. The molecule has 1 aromatic heterocycles. The van der Waals surface area contributed by atoms with Crippen LogP contribution < -0.4 is 5.32 Å². The van der Waals surface area contributed by atoms with Gasteiger partial charge in [-0.05, 0) is 39.2 Å². The van der Waals surface area contributed by atoms with Crippen LogP contribution in [0.2, 0.25) is 0 Å². The molecule has 3 rings (SSSR count). The molecule has 4 heteroatoms. The number of rotatable bonds is 2. The Labute approximate surface area is 103 Å². The van der Waals surface area contributed by atoms with Crippen LogP contribution in [0.4, 0.5) is 5.69 Å². The topological polar surface area (TPSA) is 33.1 Å². The minimum absolute atomic E-state index is 0.636. The van der Waals surface area contributed by atoms with Gasteiger partial charge in [0.2, 0.25) is 0 Å². The number of nitrogens with zero attached hydrogens (tertiary/aromatic N) is 3.